The van der Waals surface area contributed by atoms with Crippen LogP contribution in [0.25, 0.3) is 16.6 Å². The van der Waals surface area contributed by atoms with Crippen molar-refractivity contribution in [2.45, 2.75) is 39.3 Å². The summed E-state index contributed by atoms with van der Waals surface area (Å²) in [5.41, 5.74) is 5.05. The Kier molecular flexibility index (Phi) is 7.30. The molecule has 0 saturated carbocycles. The van der Waals surface area contributed by atoms with E-state index < -0.39 is 0 Å². The van der Waals surface area contributed by atoms with Crippen molar-refractivity contribution in [2.24, 2.45) is 4.99 Å². The molecule has 0 bridgehead atoms. The van der Waals surface area contributed by atoms with Gasteiger partial charge in [-0.15, -0.1) is 0 Å². The Bertz CT molecular complexity index is 1360. The lowest BCUT2D eigenvalue weighted by atomic mass is 9.99. The molecule has 6 nitrogen and oxygen atoms in total. The Labute approximate surface area is 223 Å². The molecule has 1 fully saturated rings. The molecule has 1 saturated heterocycles. The second-order valence-electron chi connectivity index (χ2n) is 10.7. The number of fused-ring (bicyclic) bond motifs is 1. The van der Waals surface area contributed by atoms with Crippen molar-refractivity contribution in [3.8, 4) is 0 Å². The first kappa shape index (κ1) is 25.8. The smallest absolute Gasteiger partial charge is 0.132 e. The van der Waals surface area contributed by atoms with E-state index in [0.717, 1.165) is 60.7 Å². The molecule has 0 amide bonds. The number of rotatable bonds is 7. The molecule has 2 aromatic heterocycles. The SMILES string of the molecule is CC(C)N1CCN(C(C)(C)CNc2cnc3ccc(C4=CCN=C4c4cc(Cl)ccc4F)nc3c2)CC1. The predicted octanol–water partition coefficient (Wildman–Crippen LogP) is 5.53. The van der Waals surface area contributed by atoms with Crippen LogP contribution in [0, 0.1) is 5.82 Å². The predicted molar refractivity (Wildman–Crippen MR) is 151 cm³/mol. The van der Waals surface area contributed by atoms with Gasteiger partial charge >= 0.3 is 0 Å². The number of pyridine rings is 2. The van der Waals surface area contributed by atoms with Crippen LogP contribution in [0.4, 0.5) is 10.1 Å². The fourth-order valence-electron chi connectivity index (χ4n) is 5.07. The van der Waals surface area contributed by atoms with Crippen LogP contribution in [-0.4, -0.2) is 76.3 Å². The number of aromatic nitrogens is 2. The molecule has 8 heteroatoms. The Morgan fingerprint density at radius 1 is 1.05 bits per heavy atom. The van der Waals surface area contributed by atoms with Gasteiger partial charge in [0.1, 0.15) is 5.82 Å². The van der Waals surface area contributed by atoms with Crippen molar-refractivity contribution in [1.29, 1.82) is 0 Å². The first-order valence-electron chi connectivity index (χ1n) is 12.9. The van der Waals surface area contributed by atoms with Crippen molar-refractivity contribution in [1.82, 2.24) is 19.8 Å². The first-order valence-corrected chi connectivity index (χ1v) is 13.3. The number of benzene rings is 1. The van der Waals surface area contributed by atoms with Crippen LogP contribution in [0.1, 0.15) is 39.0 Å². The highest BCUT2D eigenvalue weighted by molar-refractivity contribution is 6.35. The summed E-state index contributed by atoms with van der Waals surface area (Å²) in [5, 5.41) is 4.06. The first-order chi connectivity index (χ1) is 17.7. The maximum atomic E-state index is 14.6. The third-order valence-electron chi connectivity index (χ3n) is 7.42. The summed E-state index contributed by atoms with van der Waals surface area (Å²) < 4.78 is 14.6. The molecule has 2 aliphatic heterocycles. The minimum atomic E-state index is -0.349. The number of aliphatic imine (C=N–C) groups is 1. The van der Waals surface area contributed by atoms with Gasteiger partial charge < -0.3 is 5.32 Å². The normalized spacial score (nSPS) is 17.4. The zero-order chi connectivity index (χ0) is 26.2. The molecule has 3 aromatic rings. The Morgan fingerprint density at radius 2 is 1.84 bits per heavy atom. The van der Waals surface area contributed by atoms with Crippen LogP contribution in [0.15, 0.2) is 53.7 Å². The fourth-order valence-corrected chi connectivity index (χ4v) is 5.24. The lowest BCUT2D eigenvalue weighted by Gasteiger charge is -2.45. The number of piperazine rings is 1. The summed E-state index contributed by atoms with van der Waals surface area (Å²) in [6.07, 6.45) is 3.83. The van der Waals surface area contributed by atoms with Crippen LogP contribution in [-0.2, 0) is 0 Å². The van der Waals surface area contributed by atoms with Gasteiger partial charge in [0.05, 0.1) is 40.9 Å². The summed E-state index contributed by atoms with van der Waals surface area (Å²) in [6, 6.07) is 11.0. The molecule has 5 rings (SSSR count). The molecule has 37 heavy (non-hydrogen) atoms. The topological polar surface area (TPSA) is 56.6 Å². The molecule has 0 radical (unpaired) electrons. The highest BCUT2D eigenvalue weighted by Crippen LogP contribution is 2.28. The number of anilines is 1. The fraction of sp³-hybridized carbons (Fsp3) is 0.414. The van der Waals surface area contributed by atoms with Crippen LogP contribution in [0.5, 0.6) is 0 Å². The summed E-state index contributed by atoms with van der Waals surface area (Å²) in [5.74, 6) is -0.349. The number of hydrogen-bond acceptors (Lipinski definition) is 6. The van der Waals surface area contributed by atoms with Crippen molar-refractivity contribution >= 4 is 39.6 Å². The second kappa shape index (κ2) is 10.5. The van der Waals surface area contributed by atoms with Gasteiger partial charge in [0.15, 0.2) is 0 Å². The van der Waals surface area contributed by atoms with Crippen LogP contribution < -0.4 is 5.32 Å². The average Bonchev–Trinajstić information content (AvgIpc) is 3.38. The van der Waals surface area contributed by atoms with Gasteiger partial charge in [0.25, 0.3) is 0 Å². The molecular formula is C29H34ClFN6. The van der Waals surface area contributed by atoms with E-state index in [-0.39, 0.29) is 11.4 Å². The van der Waals surface area contributed by atoms with Gasteiger partial charge in [0, 0.05) is 60.5 Å². The average molecular weight is 521 g/mol. The van der Waals surface area contributed by atoms with Gasteiger partial charge in [-0.1, -0.05) is 17.7 Å². The van der Waals surface area contributed by atoms with Crippen LogP contribution in [0.2, 0.25) is 5.02 Å². The molecule has 1 aromatic carbocycles. The Hall–Kier alpha value is -2.87. The van der Waals surface area contributed by atoms with E-state index in [1.807, 2.05) is 30.5 Å². The zero-order valence-electron chi connectivity index (χ0n) is 21.9. The zero-order valence-corrected chi connectivity index (χ0v) is 22.7. The molecule has 4 heterocycles. The van der Waals surface area contributed by atoms with Gasteiger partial charge in [-0.05, 0) is 64.1 Å². The molecule has 2 aliphatic rings. The molecule has 0 aliphatic carbocycles. The number of allylic oxidation sites excluding steroid dienone is 1. The summed E-state index contributed by atoms with van der Waals surface area (Å²) in [4.78, 5) is 19.1. The Morgan fingerprint density at radius 3 is 2.59 bits per heavy atom. The van der Waals surface area contributed by atoms with Gasteiger partial charge in [0.2, 0.25) is 0 Å². The minimum Gasteiger partial charge on any atom is -0.382 e. The second-order valence-corrected chi connectivity index (χ2v) is 11.1. The molecule has 194 valence electrons. The Balaban J connectivity index is 1.32. The van der Waals surface area contributed by atoms with E-state index >= 15 is 0 Å². The quantitative estimate of drug-likeness (QED) is 0.444. The summed E-state index contributed by atoms with van der Waals surface area (Å²) >= 11 is 6.14. The van der Waals surface area contributed by atoms with Crippen molar-refractivity contribution in [3.05, 3.63) is 70.8 Å². The van der Waals surface area contributed by atoms with E-state index in [1.54, 1.807) is 12.1 Å². The summed E-state index contributed by atoms with van der Waals surface area (Å²) in [7, 11) is 0. The highest BCUT2D eigenvalue weighted by Gasteiger charge is 2.30. The molecular weight excluding hydrogens is 487 g/mol. The monoisotopic (exact) mass is 520 g/mol. The van der Waals surface area contributed by atoms with Gasteiger partial charge in [-0.3, -0.25) is 19.8 Å². The van der Waals surface area contributed by atoms with E-state index in [1.165, 1.54) is 6.07 Å². The van der Waals surface area contributed by atoms with Gasteiger partial charge in [-0.25, -0.2) is 9.37 Å². The highest BCUT2D eigenvalue weighted by atomic mass is 35.5. The van der Waals surface area contributed by atoms with E-state index in [4.69, 9.17) is 16.6 Å². The van der Waals surface area contributed by atoms with E-state index in [9.17, 15) is 4.39 Å². The number of nitrogens with zero attached hydrogens (tertiary/aromatic N) is 5. The maximum Gasteiger partial charge on any atom is 0.132 e. The number of halogens is 2. The molecule has 0 atom stereocenters. The third-order valence-corrected chi connectivity index (χ3v) is 7.66. The standard InChI is InChI=1S/C29H34ClFN6/c1-19(2)36-11-13-37(14-12-36)29(3,4)18-34-21-16-27-26(33-17-21)8-7-25(35-27)22-9-10-32-28(22)23-15-20(30)5-6-24(23)31/h5-9,15-17,19,34H,10-14,18H2,1-4H3. The van der Waals surface area contributed by atoms with Crippen molar-refractivity contribution < 1.29 is 4.39 Å². The largest absolute Gasteiger partial charge is 0.382 e. The lowest BCUT2D eigenvalue weighted by molar-refractivity contribution is 0.0463. The van der Waals surface area contributed by atoms with Crippen LogP contribution in [0.3, 0.4) is 0 Å². The van der Waals surface area contributed by atoms with Crippen LogP contribution >= 0.6 is 11.6 Å². The molecule has 0 spiro atoms. The van der Waals surface area contributed by atoms with E-state index in [2.05, 4.69) is 52.8 Å². The van der Waals surface area contributed by atoms with Crippen molar-refractivity contribution in [2.75, 3.05) is 44.6 Å². The maximum absolute atomic E-state index is 14.6. The lowest BCUT2D eigenvalue weighted by Crippen LogP contribution is -2.58. The number of nitrogens with one attached hydrogen (secondary N) is 1. The number of hydrogen-bond donors (Lipinski definition) is 1. The van der Waals surface area contributed by atoms with Crippen molar-refractivity contribution in [3.63, 3.8) is 0 Å². The van der Waals surface area contributed by atoms with E-state index in [0.29, 0.717) is 28.9 Å². The minimum absolute atomic E-state index is 0.00829. The van der Waals surface area contributed by atoms with Gasteiger partial charge in [-0.2, -0.15) is 0 Å². The molecule has 1 N–H and O–H groups in total. The molecule has 0 unspecified atom stereocenters. The summed E-state index contributed by atoms with van der Waals surface area (Å²) in [6.45, 7) is 14.7. The third kappa shape index (κ3) is 5.54.